The van der Waals surface area contributed by atoms with Gasteiger partial charge in [-0.3, -0.25) is 9.59 Å². The third kappa shape index (κ3) is 4.32. The molecule has 0 bridgehead atoms. The van der Waals surface area contributed by atoms with Crippen LogP contribution in [-0.2, 0) is 19.6 Å². The van der Waals surface area contributed by atoms with Crippen molar-refractivity contribution in [2.24, 2.45) is 11.1 Å². The Hall–Kier alpha value is -2.91. The number of ether oxygens (including phenoxy) is 1. The molecule has 2 aromatic rings. The van der Waals surface area contributed by atoms with Crippen LogP contribution in [0.25, 0.3) is 0 Å². The number of sulfonamides is 1. The first kappa shape index (κ1) is 19.8. The lowest BCUT2D eigenvalue weighted by molar-refractivity contribution is -0.122. The lowest BCUT2D eigenvalue weighted by atomic mass is 10.1. The Morgan fingerprint density at radius 2 is 1.89 bits per heavy atom. The molecular weight excluding hydrogens is 382 g/mol. The molecule has 1 aliphatic heterocycles. The molecule has 0 saturated carbocycles. The molecule has 1 aliphatic rings. The van der Waals surface area contributed by atoms with Crippen molar-refractivity contribution in [2.45, 2.75) is 18.2 Å². The van der Waals surface area contributed by atoms with Gasteiger partial charge in [-0.25, -0.2) is 13.6 Å². The van der Waals surface area contributed by atoms with Crippen molar-refractivity contribution in [3.05, 3.63) is 48.5 Å². The van der Waals surface area contributed by atoms with Gasteiger partial charge in [0.05, 0.1) is 23.1 Å². The number of nitrogens with one attached hydrogen (secondary N) is 1. The van der Waals surface area contributed by atoms with Crippen LogP contribution in [0, 0.1) is 5.92 Å². The number of para-hydroxylation sites is 2. The summed E-state index contributed by atoms with van der Waals surface area (Å²) < 4.78 is 28.2. The SMILES string of the molecule is CCOc1ccccc1N1CC(C(=O)Nc2ccc(S(N)(=O)=O)cc2)CC1=O. The molecule has 28 heavy (non-hydrogen) atoms. The zero-order chi connectivity index (χ0) is 20.3. The van der Waals surface area contributed by atoms with E-state index in [4.69, 9.17) is 9.88 Å². The van der Waals surface area contributed by atoms with Gasteiger partial charge in [0.15, 0.2) is 0 Å². The van der Waals surface area contributed by atoms with Crippen molar-refractivity contribution in [1.82, 2.24) is 0 Å². The van der Waals surface area contributed by atoms with E-state index in [0.717, 1.165) is 0 Å². The zero-order valence-corrected chi connectivity index (χ0v) is 16.1. The van der Waals surface area contributed by atoms with Gasteiger partial charge in [0, 0.05) is 18.7 Å². The number of carbonyl (C=O) groups excluding carboxylic acids is 2. The topological polar surface area (TPSA) is 119 Å². The number of hydrogen-bond donors (Lipinski definition) is 2. The third-order valence-electron chi connectivity index (χ3n) is 4.40. The van der Waals surface area contributed by atoms with E-state index >= 15 is 0 Å². The molecule has 3 rings (SSSR count). The summed E-state index contributed by atoms with van der Waals surface area (Å²) >= 11 is 0. The normalized spacial score (nSPS) is 16.9. The van der Waals surface area contributed by atoms with E-state index in [1.165, 1.54) is 24.3 Å². The first-order valence-electron chi connectivity index (χ1n) is 8.75. The largest absolute Gasteiger partial charge is 0.492 e. The molecule has 0 spiro atoms. The Labute approximate surface area is 163 Å². The second-order valence-electron chi connectivity index (χ2n) is 6.36. The van der Waals surface area contributed by atoms with Crippen LogP contribution in [0.15, 0.2) is 53.4 Å². The molecule has 0 aliphatic carbocycles. The molecule has 0 aromatic heterocycles. The summed E-state index contributed by atoms with van der Waals surface area (Å²) in [5.74, 6) is -0.400. The van der Waals surface area contributed by atoms with Crippen LogP contribution >= 0.6 is 0 Å². The fourth-order valence-electron chi connectivity index (χ4n) is 3.05. The molecule has 1 atom stereocenters. The minimum atomic E-state index is -3.79. The molecular formula is C19H21N3O5S. The zero-order valence-electron chi connectivity index (χ0n) is 15.3. The highest BCUT2D eigenvalue weighted by Gasteiger charge is 2.36. The fraction of sp³-hybridized carbons (Fsp3) is 0.263. The van der Waals surface area contributed by atoms with Crippen molar-refractivity contribution in [1.29, 1.82) is 0 Å². The quantitative estimate of drug-likeness (QED) is 0.761. The van der Waals surface area contributed by atoms with Crippen molar-refractivity contribution in [2.75, 3.05) is 23.4 Å². The summed E-state index contributed by atoms with van der Waals surface area (Å²) in [7, 11) is -3.79. The predicted octanol–water partition coefficient (Wildman–Crippen LogP) is 1.72. The first-order valence-corrected chi connectivity index (χ1v) is 10.3. The monoisotopic (exact) mass is 403 g/mol. The lowest BCUT2D eigenvalue weighted by Crippen LogP contribution is -2.28. The van der Waals surface area contributed by atoms with Crippen LogP contribution in [-0.4, -0.2) is 33.4 Å². The number of benzene rings is 2. The lowest BCUT2D eigenvalue weighted by Gasteiger charge is -2.20. The molecule has 1 saturated heterocycles. The molecule has 148 valence electrons. The van der Waals surface area contributed by atoms with Gasteiger partial charge in [-0.05, 0) is 43.3 Å². The number of nitrogens with two attached hydrogens (primary N) is 1. The Morgan fingerprint density at radius 1 is 1.21 bits per heavy atom. The van der Waals surface area contributed by atoms with Gasteiger partial charge in [0.2, 0.25) is 21.8 Å². The van der Waals surface area contributed by atoms with Crippen LogP contribution in [0.2, 0.25) is 0 Å². The highest BCUT2D eigenvalue weighted by atomic mass is 32.2. The van der Waals surface area contributed by atoms with Gasteiger partial charge in [0.1, 0.15) is 5.75 Å². The van der Waals surface area contributed by atoms with Crippen molar-refractivity contribution in [3.63, 3.8) is 0 Å². The summed E-state index contributed by atoms with van der Waals surface area (Å²) in [6, 6.07) is 12.7. The third-order valence-corrected chi connectivity index (χ3v) is 5.33. The maximum Gasteiger partial charge on any atom is 0.238 e. The van der Waals surface area contributed by atoms with E-state index in [9.17, 15) is 18.0 Å². The average Bonchev–Trinajstić information content (AvgIpc) is 3.04. The number of rotatable bonds is 6. The van der Waals surface area contributed by atoms with Crippen molar-refractivity contribution in [3.8, 4) is 5.75 Å². The van der Waals surface area contributed by atoms with E-state index < -0.39 is 15.9 Å². The van der Waals surface area contributed by atoms with E-state index in [0.29, 0.717) is 23.7 Å². The van der Waals surface area contributed by atoms with E-state index in [-0.39, 0.29) is 29.7 Å². The number of amides is 2. The van der Waals surface area contributed by atoms with Crippen LogP contribution in [0.1, 0.15) is 13.3 Å². The van der Waals surface area contributed by atoms with E-state index in [1.54, 1.807) is 17.0 Å². The number of nitrogens with zero attached hydrogens (tertiary/aromatic N) is 1. The van der Waals surface area contributed by atoms with Gasteiger partial charge in [-0.1, -0.05) is 12.1 Å². The van der Waals surface area contributed by atoms with Gasteiger partial charge in [-0.15, -0.1) is 0 Å². The number of carbonyl (C=O) groups is 2. The van der Waals surface area contributed by atoms with Crippen molar-refractivity contribution >= 4 is 33.2 Å². The first-order chi connectivity index (χ1) is 13.3. The summed E-state index contributed by atoms with van der Waals surface area (Å²) in [4.78, 5) is 26.5. The molecule has 1 unspecified atom stereocenters. The molecule has 2 aromatic carbocycles. The second kappa shape index (κ2) is 7.99. The molecule has 8 nitrogen and oxygen atoms in total. The smallest absolute Gasteiger partial charge is 0.238 e. The van der Waals surface area contributed by atoms with Crippen LogP contribution in [0.5, 0.6) is 5.75 Å². The standard InChI is InChI=1S/C19H21N3O5S/c1-2-27-17-6-4-3-5-16(17)22-12-13(11-18(22)23)19(24)21-14-7-9-15(10-8-14)28(20,25)26/h3-10,13H,2,11-12H2,1H3,(H,21,24)(H2,20,25,26). The van der Waals surface area contributed by atoms with Gasteiger partial charge in [-0.2, -0.15) is 0 Å². The number of primary sulfonamides is 1. The van der Waals surface area contributed by atoms with Gasteiger partial charge in [0.25, 0.3) is 0 Å². The summed E-state index contributed by atoms with van der Waals surface area (Å²) in [5, 5.41) is 7.77. The van der Waals surface area contributed by atoms with Gasteiger partial charge < -0.3 is 15.0 Å². The maximum absolute atomic E-state index is 12.6. The molecule has 0 radical (unpaired) electrons. The Balaban J connectivity index is 1.70. The molecule has 1 heterocycles. The number of anilines is 2. The minimum absolute atomic E-state index is 0.0414. The highest BCUT2D eigenvalue weighted by molar-refractivity contribution is 7.89. The van der Waals surface area contributed by atoms with Crippen LogP contribution in [0.3, 0.4) is 0 Å². The van der Waals surface area contributed by atoms with Gasteiger partial charge >= 0.3 is 0 Å². The Bertz CT molecular complexity index is 989. The highest BCUT2D eigenvalue weighted by Crippen LogP contribution is 2.33. The summed E-state index contributed by atoms with van der Waals surface area (Å²) in [6.07, 6.45) is 0.0849. The summed E-state index contributed by atoms with van der Waals surface area (Å²) in [5.41, 5.74) is 1.07. The van der Waals surface area contributed by atoms with Crippen LogP contribution in [0.4, 0.5) is 11.4 Å². The van der Waals surface area contributed by atoms with Crippen LogP contribution < -0.4 is 20.1 Å². The minimum Gasteiger partial charge on any atom is -0.492 e. The predicted molar refractivity (Wildman–Crippen MR) is 105 cm³/mol. The summed E-state index contributed by atoms with van der Waals surface area (Å²) in [6.45, 7) is 2.57. The average molecular weight is 403 g/mol. The fourth-order valence-corrected chi connectivity index (χ4v) is 3.56. The number of hydrogen-bond acceptors (Lipinski definition) is 5. The molecule has 1 fully saturated rings. The van der Waals surface area contributed by atoms with E-state index in [1.807, 2.05) is 19.1 Å². The molecule has 3 N–H and O–H groups in total. The van der Waals surface area contributed by atoms with Crippen molar-refractivity contribution < 1.29 is 22.7 Å². The van der Waals surface area contributed by atoms with E-state index in [2.05, 4.69) is 5.32 Å². The molecule has 2 amide bonds. The Morgan fingerprint density at radius 3 is 2.54 bits per heavy atom. The molecule has 9 heteroatoms. The Kier molecular flexibility index (Phi) is 5.66. The maximum atomic E-state index is 12.6. The second-order valence-corrected chi connectivity index (χ2v) is 7.93.